The molecule has 1 aromatic carbocycles. The molecule has 1 fully saturated rings. The third kappa shape index (κ3) is 4.44. The first-order chi connectivity index (χ1) is 17.0. The van der Waals surface area contributed by atoms with Gasteiger partial charge in [-0.15, -0.1) is 9.50 Å². The first kappa shape index (κ1) is 23.2. The highest BCUT2D eigenvalue weighted by molar-refractivity contribution is 5.88. The fourth-order valence-electron chi connectivity index (χ4n) is 5.14. The third-order valence-corrected chi connectivity index (χ3v) is 6.70. The predicted molar refractivity (Wildman–Crippen MR) is 135 cm³/mol. The van der Waals surface area contributed by atoms with Crippen molar-refractivity contribution in [2.75, 3.05) is 32.5 Å². The molecule has 4 aromatic rings. The molecule has 3 aromatic heterocycles. The largest absolute Gasteiger partial charge is 0.411 e. The number of H-pyrrole nitrogens is 1. The second-order valence-corrected chi connectivity index (χ2v) is 9.21. The van der Waals surface area contributed by atoms with Crippen LogP contribution in [0.25, 0.3) is 28.0 Å². The molecule has 4 heterocycles. The summed E-state index contributed by atoms with van der Waals surface area (Å²) < 4.78 is 8.32. The molecule has 182 valence electrons. The van der Waals surface area contributed by atoms with Gasteiger partial charge in [0.05, 0.1) is 18.7 Å². The Hall–Kier alpha value is -3.56. The van der Waals surface area contributed by atoms with Gasteiger partial charge in [0.1, 0.15) is 5.69 Å². The molecule has 1 aliphatic rings. The monoisotopic (exact) mass is 474 g/mol. The molecule has 9 nitrogen and oxygen atoms in total. The molecule has 9 heteroatoms. The number of anilines is 1. The van der Waals surface area contributed by atoms with Crippen molar-refractivity contribution in [2.45, 2.75) is 39.3 Å². The Labute approximate surface area is 204 Å². The van der Waals surface area contributed by atoms with Crippen molar-refractivity contribution in [1.29, 1.82) is 0 Å². The quantitative estimate of drug-likeness (QED) is 0.441. The molecule has 1 aliphatic heterocycles. The van der Waals surface area contributed by atoms with E-state index in [1.807, 2.05) is 56.3 Å². The number of ether oxygens (including phenoxy) is 1. The van der Waals surface area contributed by atoms with Crippen molar-refractivity contribution < 1.29 is 9.72 Å². The zero-order valence-corrected chi connectivity index (χ0v) is 20.5. The Kier molecular flexibility index (Phi) is 6.36. The molecule has 0 amide bonds. The number of hydrogen-bond donors (Lipinski definition) is 1. The number of fused-ring (bicyclic) bond motifs is 1. The first-order valence-electron chi connectivity index (χ1n) is 12.0. The van der Waals surface area contributed by atoms with Gasteiger partial charge in [-0.05, 0) is 50.9 Å². The van der Waals surface area contributed by atoms with Crippen LogP contribution < -0.4 is 16.4 Å². The SMILES string of the molecule is COCCN1CCC[C@@H]1Cn1nc2c(-c3cc(C)nc(C)c3)c(-c3ccccc3)[nH+]c(N)n2c1=O. The van der Waals surface area contributed by atoms with Crippen LogP contribution in [0.5, 0.6) is 0 Å². The van der Waals surface area contributed by atoms with Gasteiger partial charge in [0.25, 0.3) is 0 Å². The van der Waals surface area contributed by atoms with Crippen LogP contribution in [0.15, 0.2) is 47.3 Å². The highest BCUT2D eigenvalue weighted by atomic mass is 16.5. The smallest absolute Gasteiger partial charge is 0.383 e. The molecule has 1 atom stereocenters. The lowest BCUT2D eigenvalue weighted by molar-refractivity contribution is -0.351. The Bertz CT molecular complexity index is 1390. The van der Waals surface area contributed by atoms with E-state index in [0.29, 0.717) is 18.8 Å². The van der Waals surface area contributed by atoms with Gasteiger partial charge >= 0.3 is 11.6 Å². The fraction of sp³-hybridized carbons (Fsp3) is 0.385. The number of nitrogens with zero attached hydrogens (tertiary/aromatic N) is 5. The maximum Gasteiger partial charge on any atom is 0.411 e. The summed E-state index contributed by atoms with van der Waals surface area (Å²) in [6, 6.07) is 14.3. The van der Waals surface area contributed by atoms with E-state index in [9.17, 15) is 4.79 Å². The van der Waals surface area contributed by atoms with Crippen molar-refractivity contribution in [3.63, 3.8) is 0 Å². The minimum Gasteiger partial charge on any atom is -0.383 e. The number of nitrogen functional groups attached to an aromatic ring is 1. The summed E-state index contributed by atoms with van der Waals surface area (Å²) in [4.78, 5) is 23.7. The van der Waals surface area contributed by atoms with Crippen LogP contribution in [0.2, 0.25) is 0 Å². The number of aromatic amines is 1. The normalized spacial score (nSPS) is 16.4. The molecule has 1 saturated heterocycles. The standard InChI is InChI=1S/C26H31N7O2/c1-17-14-20(15-18(2)28-17)22-23(19-8-5-4-6-9-19)29-25(27)33-24(22)30-32(26(33)34)16-21-10-7-11-31(21)12-13-35-3/h4-6,8-9,14-15,21H,7,10-13,16H2,1-3H3,(H2,27,29)/p+1/t21-/m1/s1. The molecule has 0 spiro atoms. The predicted octanol–water partition coefficient (Wildman–Crippen LogP) is 2.35. The van der Waals surface area contributed by atoms with E-state index < -0.39 is 0 Å². The third-order valence-electron chi connectivity index (χ3n) is 6.70. The van der Waals surface area contributed by atoms with E-state index in [4.69, 9.17) is 15.6 Å². The van der Waals surface area contributed by atoms with Gasteiger partial charge in [0, 0.05) is 36.6 Å². The first-order valence-corrected chi connectivity index (χ1v) is 12.0. The summed E-state index contributed by atoms with van der Waals surface area (Å²) in [5, 5.41) is 4.86. The Balaban J connectivity index is 1.69. The Morgan fingerprint density at radius 2 is 1.89 bits per heavy atom. The van der Waals surface area contributed by atoms with Gasteiger partial charge in [0.2, 0.25) is 5.65 Å². The van der Waals surface area contributed by atoms with E-state index >= 15 is 0 Å². The number of aryl methyl sites for hydroxylation is 2. The molecule has 3 N–H and O–H groups in total. The van der Waals surface area contributed by atoms with Crippen LogP contribution in [0.4, 0.5) is 5.95 Å². The van der Waals surface area contributed by atoms with Crippen molar-refractivity contribution in [2.24, 2.45) is 0 Å². The zero-order valence-electron chi connectivity index (χ0n) is 20.5. The average Bonchev–Trinajstić information content (AvgIpc) is 3.41. The minimum absolute atomic E-state index is 0.237. The van der Waals surface area contributed by atoms with Crippen LogP contribution >= 0.6 is 0 Å². The van der Waals surface area contributed by atoms with Gasteiger partial charge in [-0.1, -0.05) is 30.3 Å². The average molecular weight is 475 g/mol. The molecular formula is C26H32N7O2+. The number of hydrogen-bond acceptors (Lipinski definition) is 6. The number of nitrogens with one attached hydrogen (secondary N) is 1. The summed E-state index contributed by atoms with van der Waals surface area (Å²) in [5.41, 5.74) is 12.1. The Morgan fingerprint density at radius 1 is 1.14 bits per heavy atom. The molecule has 0 saturated carbocycles. The zero-order chi connectivity index (χ0) is 24.5. The number of aromatic nitrogens is 5. The lowest BCUT2D eigenvalue weighted by Gasteiger charge is -2.23. The second kappa shape index (κ2) is 9.59. The van der Waals surface area contributed by atoms with Gasteiger partial charge < -0.3 is 4.74 Å². The molecule has 0 aliphatic carbocycles. The van der Waals surface area contributed by atoms with E-state index in [1.54, 1.807) is 11.8 Å². The summed E-state index contributed by atoms with van der Waals surface area (Å²) >= 11 is 0. The lowest BCUT2D eigenvalue weighted by Crippen LogP contribution is -2.38. The lowest BCUT2D eigenvalue weighted by atomic mass is 9.99. The van der Waals surface area contributed by atoms with E-state index in [0.717, 1.165) is 59.7 Å². The van der Waals surface area contributed by atoms with Gasteiger partial charge in [-0.25, -0.2) is 9.78 Å². The number of likely N-dealkylation sites (tertiary alicyclic amines) is 1. The highest BCUT2D eigenvalue weighted by Crippen LogP contribution is 2.33. The molecule has 5 rings (SSSR count). The molecule has 0 radical (unpaired) electrons. The summed E-state index contributed by atoms with van der Waals surface area (Å²) in [5.74, 6) is 0.254. The van der Waals surface area contributed by atoms with Gasteiger partial charge in [-0.2, -0.15) is 4.68 Å². The fourth-order valence-corrected chi connectivity index (χ4v) is 5.14. The van der Waals surface area contributed by atoms with E-state index in [-0.39, 0.29) is 17.7 Å². The van der Waals surface area contributed by atoms with Crippen LogP contribution in [-0.2, 0) is 11.3 Å². The van der Waals surface area contributed by atoms with E-state index in [1.165, 1.54) is 4.40 Å². The van der Waals surface area contributed by atoms with Gasteiger partial charge in [0.15, 0.2) is 0 Å². The summed E-state index contributed by atoms with van der Waals surface area (Å²) in [6.07, 6.45) is 2.13. The van der Waals surface area contributed by atoms with Crippen molar-refractivity contribution >= 4 is 11.6 Å². The maximum absolute atomic E-state index is 13.5. The number of nitrogens with two attached hydrogens (primary N) is 1. The van der Waals surface area contributed by atoms with Crippen molar-refractivity contribution in [3.05, 3.63) is 64.3 Å². The van der Waals surface area contributed by atoms with Crippen LogP contribution in [0.3, 0.4) is 0 Å². The molecule has 0 unspecified atom stereocenters. The summed E-state index contributed by atoms with van der Waals surface area (Å²) in [6.45, 7) is 6.97. The number of pyridine rings is 1. The Morgan fingerprint density at radius 3 is 2.60 bits per heavy atom. The topological polar surface area (TPSA) is 105 Å². The number of benzene rings is 1. The van der Waals surface area contributed by atoms with Crippen LogP contribution in [0, 0.1) is 13.8 Å². The minimum atomic E-state index is -0.240. The van der Waals surface area contributed by atoms with Gasteiger partial charge in [-0.3, -0.25) is 15.6 Å². The maximum atomic E-state index is 13.5. The van der Waals surface area contributed by atoms with Crippen LogP contribution in [-0.4, -0.2) is 56.9 Å². The highest BCUT2D eigenvalue weighted by Gasteiger charge is 2.29. The summed E-state index contributed by atoms with van der Waals surface area (Å²) in [7, 11) is 1.71. The molecular weight excluding hydrogens is 442 g/mol. The van der Waals surface area contributed by atoms with E-state index in [2.05, 4.69) is 14.9 Å². The molecule has 35 heavy (non-hydrogen) atoms. The van der Waals surface area contributed by atoms with Crippen molar-refractivity contribution in [3.8, 4) is 22.4 Å². The van der Waals surface area contributed by atoms with Crippen molar-refractivity contribution in [1.82, 2.24) is 24.1 Å². The molecule has 0 bridgehead atoms. The number of rotatable bonds is 7. The van der Waals surface area contributed by atoms with Crippen LogP contribution in [0.1, 0.15) is 24.2 Å². The second-order valence-electron chi connectivity index (χ2n) is 9.21. The number of methoxy groups -OCH3 is 1.